The van der Waals surface area contributed by atoms with Crippen molar-refractivity contribution in [2.24, 2.45) is 5.92 Å². The monoisotopic (exact) mass is 293 g/mol. The predicted octanol–water partition coefficient (Wildman–Crippen LogP) is 0.117. The Morgan fingerprint density at radius 3 is 2.48 bits per heavy atom. The predicted molar refractivity (Wildman–Crippen MR) is 79.1 cm³/mol. The van der Waals surface area contributed by atoms with Gasteiger partial charge in [-0.15, -0.1) is 0 Å². The van der Waals surface area contributed by atoms with Gasteiger partial charge in [0.1, 0.15) is 0 Å². The third-order valence-corrected chi connectivity index (χ3v) is 3.28. The van der Waals surface area contributed by atoms with E-state index in [0.717, 1.165) is 6.42 Å². The molecule has 0 radical (unpaired) electrons. The summed E-state index contributed by atoms with van der Waals surface area (Å²) in [5, 5.41) is 30.0. The van der Waals surface area contributed by atoms with Crippen LogP contribution in [0.2, 0.25) is 0 Å². The molecule has 6 nitrogen and oxygen atoms in total. The number of carboxylic acids is 1. The second kappa shape index (κ2) is 7.80. The van der Waals surface area contributed by atoms with Gasteiger partial charge in [0.05, 0.1) is 5.56 Å². The summed E-state index contributed by atoms with van der Waals surface area (Å²) in [6.07, 6.45) is 1.31. The molecule has 0 bridgehead atoms. The molecule has 1 amide bonds. The van der Waals surface area contributed by atoms with Gasteiger partial charge in [0.15, 0.2) is 0 Å². The fraction of sp³-hybridized carbons (Fsp3) is 0.429. The number of carboxylic acid groups (broad SMARTS) is 1. The van der Waals surface area contributed by atoms with Gasteiger partial charge >= 0.3 is 13.1 Å². The number of hydrogen-bond donors (Lipinski definition) is 4. The van der Waals surface area contributed by atoms with Crippen LogP contribution in [0.1, 0.15) is 42.6 Å². The van der Waals surface area contributed by atoms with Gasteiger partial charge in [-0.05, 0) is 29.1 Å². The summed E-state index contributed by atoms with van der Waals surface area (Å²) in [4.78, 5) is 22.7. The lowest BCUT2D eigenvalue weighted by atomic mass is 9.78. The molecule has 0 aliphatic heterocycles. The van der Waals surface area contributed by atoms with E-state index in [9.17, 15) is 9.59 Å². The Balaban J connectivity index is 2.78. The maximum absolute atomic E-state index is 11.7. The maximum atomic E-state index is 11.7. The van der Waals surface area contributed by atoms with E-state index in [1.165, 1.54) is 18.2 Å². The average molecular weight is 293 g/mol. The molecule has 0 heterocycles. The minimum absolute atomic E-state index is 0.0493. The summed E-state index contributed by atoms with van der Waals surface area (Å²) in [7, 11) is -1.75. The molecule has 0 fully saturated rings. The van der Waals surface area contributed by atoms with E-state index in [2.05, 4.69) is 5.32 Å². The highest BCUT2D eigenvalue weighted by atomic mass is 16.4. The molecule has 1 aromatic carbocycles. The Labute approximate surface area is 123 Å². The van der Waals surface area contributed by atoms with Crippen LogP contribution in [0.5, 0.6) is 0 Å². The number of hydrogen-bond acceptors (Lipinski definition) is 4. The Bertz CT molecular complexity index is 518. The highest BCUT2D eigenvalue weighted by molar-refractivity contribution is 6.58. The van der Waals surface area contributed by atoms with Gasteiger partial charge in [-0.3, -0.25) is 4.79 Å². The van der Waals surface area contributed by atoms with Crippen LogP contribution in [0.25, 0.3) is 0 Å². The topological polar surface area (TPSA) is 107 Å². The summed E-state index contributed by atoms with van der Waals surface area (Å²) in [5.41, 5.74) is 0.545. The van der Waals surface area contributed by atoms with Crippen LogP contribution < -0.4 is 10.8 Å². The lowest BCUT2D eigenvalue weighted by molar-refractivity contribution is -0.122. The van der Waals surface area contributed by atoms with Gasteiger partial charge in [-0.1, -0.05) is 26.3 Å². The van der Waals surface area contributed by atoms with Gasteiger partial charge in [0, 0.05) is 13.0 Å². The summed E-state index contributed by atoms with van der Waals surface area (Å²) in [6, 6.07) is 4.05. The number of rotatable bonds is 7. The molecular formula is C14H20BNO5. The third-order valence-electron chi connectivity index (χ3n) is 3.28. The van der Waals surface area contributed by atoms with E-state index in [1.54, 1.807) is 0 Å². The molecule has 21 heavy (non-hydrogen) atoms. The molecule has 0 spiro atoms. The van der Waals surface area contributed by atoms with Crippen molar-refractivity contribution in [3.8, 4) is 0 Å². The quantitative estimate of drug-likeness (QED) is 0.534. The number of carbonyl (C=O) groups excluding carboxylic acids is 1. The fourth-order valence-electron chi connectivity index (χ4n) is 1.83. The molecule has 1 atom stereocenters. The first-order valence-electron chi connectivity index (χ1n) is 6.83. The Kier molecular flexibility index (Phi) is 6.39. The number of amides is 1. The van der Waals surface area contributed by atoms with Crippen LogP contribution >= 0.6 is 0 Å². The van der Waals surface area contributed by atoms with Gasteiger partial charge in [0.25, 0.3) is 0 Å². The van der Waals surface area contributed by atoms with Crippen LogP contribution in [0, 0.1) is 5.92 Å². The minimum atomic E-state index is -1.75. The van der Waals surface area contributed by atoms with Crippen molar-refractivity contribution >= 4 is 24.5 Å². The van der Waals surface area contributed by atoms with Gasteiger partial charge < -0.3 is 20.5 Å². The van der Waals surface area contributed by atoms with Crippen molar-refractivity contribution in [2.45, 2.75) is 33.2 Å². The lowest BCUT2D eigenvalue weighted by Crippen LogP contribution is -2.32. The molecule has 4 N–H and O–H groups in total. The molecule has 0 saturated carbocycles. The van der Waals surface area contributed by atoms with E-state index in [0.29, 0.717) is 12.0 Å². The normalized spacial score (nSPS) is 11.8. The van der Waals surface area contributed by atoms with Gasteiger partial charge in [-0.2, -0.15) is 0 Å². The van der Waals surface area contributed by atoms with Crippen LogP contribution in [0.15, 0.2) is 18.2 Å². The Morgan fingerprint density at radius 2 is 1.95 bits per heavy atom. The fourth-order valence-corrected chi connectivity index (χ4v) is 1.83. The number of nitrogens with one attached hydrogen (secondary N) is 1. The van der Waals surface area contributed by atoms with E-state index < -0.39 is 13.1 Å². The van der Waals surface area contributed by atoms with Crippen LogP contribution in [-0.2, 0) is 11.3 Å². The second-order valence-electron chi connectivity index (χ2n) is 5.14. The number of aromatic carboxylic acids is 1. The zero-order valence-corrected chi connectivity index (χ0v) is 12.2. The zero-order valence-electron chi connectivity index (χ0n) is 12.2. The molecular weight excluding hydrogens is 273 g/mol. The first kappa shape index (κ1) is 17.2. The SMILES string of the molecule is CCC(C)CC(=O)NCc1cc(B(O)O)cc(C(=O)O)c1. The zero-order chi connectivity index (χ0) is 16.0. The molecule has 114 valence electrons. The summed E-state index contributed by atoms with van der Waals surface area (Å²) < 4.78 is 0. The van der Waals surface area contributed by atoms with Crippen LogP contribution in [0.4, 0.5) is 0 Å². The first-order valence-corrected chi connectivity index (χ1v) is 6.83. The number of benzene rings is 1. The molecule has 0 saturated heterocycles. The third kappa shape index (κ3) is 5.57. The lowest BCUT2D eigenvalue weighted by Gasteiger charge is -2.11. The van der Waals surface area contributed by atoms with Crippen molar-refractivity contribution < 1.29 is 24.7 Å². The van der Waals surface area contributed by atoms with Crippen LogP contribution in [-0.4, -0.2) is 34.1 Å². The summed E-state index contributed by atoms with van der Waals surface area (Å²) in [5.74, 6) is -0.994. The molecule has 1 unspecified atom stereocenters. The number of carbonyl (C=O) groups is 2. The van der Waals surface area contributed by atoms with Crippen molar-refractivity contribution in [1.29, 1.82) is 0 Å². The molecule has 7 heteroatoms. The van der Waals surface area contributed by atoms with Crippen molar-refractivity contribution in [3.63, 3.8) is 0 Å². The molecule has 1 rings (SSSR count). The van der Waals surface area contributed by atoms with Gasteiger partial charge in [-0.25, -0.2) is 4.79 Å². The molecule has 0 aliphatic rings. The summed E-state index contributed by atoms with van der Waals surface area (Å²) >= 11 is 0. The Morgan fingerprint density at radius 1 is 1.29 bits per heavy atom. The molecule has 0 aliphatic carbocycles. The van der Waals surface area contributed by atoms with Gasteiger partial charge in [0.2, 0.25) is 5.91 Å². The standard InChI is InChI=1S/C14H20BNO5/c1-3-9(2)4-13(17)16-8-10-5-11(14(18)19)7-12(6-10)15(20)21/h5-7,9,20-21H,3-4,8H2,1-2H3,(H,16,17)(H,18,19). The van der Waals surface area contributed by atoms with Crippen molar-refractivity contribution in [1.82, 2.24) is 5.32 Å². The smallest absolute Gasteiger partial charge is 0.478 e. The van der Waals surface area contributed by atoms with E-state index in [4.69, 9.17) is 15.2 Å². The highest BCUT2D eigenvalue weighted by Gasteiger charge is 2.16. The Hall–Kier alpha value is -1.86. The minimum Gasteiger partial charge on any atom is -0.478 e. The van der Waals surface area contributed by atoms with Crippen molar-refractivity contribution in [2.75, 3.05) is 0 Å². The van der Waals surface area contributed by atoms with Crippen LogP contribution in [0.3, 0.4) is 0 Å². The second-order valence-corrected chi connectivity index (χ2v) is 5.14. The summed E-state index contributed by atoms with van der Waals surface area (Å²) in [6.45, 7) is 4.13. The van der Waals surface area contributed by atoms with E-state index in [1.807, 2.05) is 13.8 Å². The first-order chi connectivity index (χ1) is 9.83. The molecule has 0 aromatic heterocycles. The van der Waals surface area contributed by atoms with E-state index in [-0.39, 0.29) is 29.4 Å². The largest absolute Gasteiger partial charge is 0.488 e. The van der Waals surface area contributed by atoms with E-state index >= 15 is 0 Å². The van der Waals surface area contributed by atoms with Crippen molar-refractivity contribution in [3.05, 3.63) is 29.3 Å². The average Bonchev–Trinajstić information content (AvgIpc) is 2.44. The highest BCUT2D eigenvalue weighted by Crippen LogP contribution is 2.07. The molecule has 1 aromatic rings. The maximum Gasteiger partial charge on any atom is 0.488 e.